The minimum atomic E-state index is -1.09. The van der Waals surface area contributed by atoms with Crippen LogP contribution in [0.2, 0.25) is 0 Å². The summed E-state index contributed by atoms with van der Waals surface area (Å²) < 4.78 is 3.47. The van der Waals surface area contributed by atoms with Gasteiger partial charge < -0.3 is 15.5 Å². The summed E-state index contributed by atoms with van der Waals surface area (Å²) in [5.74, 6) is -2.14. The third-order valence-electron chi connectivity index (χ3n) is 12.7. The molecule has 1 unspecified atom stereocenters. The number of imide groups is 2. The lowest BCUT2D eigenvalue weighted by Gasteiger charge is -2.35. The van der Waals surface area contributed by atoms with Gasteiger partial charge in [0.1, 0.15) is 17.5 Å². The van der Waals surface area contributed by atoms with E-state index in [-0.39, 0.29) is 64.9 Å². The normalized spacial score (nSPS) is 18.1. The van der Waals surface area contributed by atoms with E-state index < -0.39 is 29.7 Å². The number of benzene rings is 1. The van der Waals surface area contributed by atoms with Crippen LogP contribution in [0.1, 0.15) is 113 Å². The molecule has 5 aromatic rings. The Morgan fingerprint density at radius 2 is 1.71 bits per heavy atom. The van der Waals surface area contributed by atoms with Crippen molar-refractivity contribution in [3.05, 3.63) is 87.2 Å². The zero-order chi connectivity index (χ0) is 45.4. The first-order valence-electron chi connectivity index (χ1n) is 22.1. The number of nitrogens with zero attached hydrogens (tertiary/aromatic N) is 10. The van der Waals surface area contributed by atoms with E-state index in [4.69, 9.17) is 4.98 Å². The van der Waals surface area contributed by atoms with Crippen LogP contribution in [0, 0.1) is 6.92 Å². The number of fused-ring (bicyclic) bond motifs is 2. The molecule has 20 nitrogen and oxygen atoms in total. The van der Waals surface area contributed by atoms with Crippen molar-refractivity contribution >= 4 is 69.5 Å². The summed E-state index contributed by atoms with van der Waals surface area (Å²) in [5.41, 5.74) is 3.22. The summed E-state index contributed by atoms with van der Waals surface area (Å²) in [6, 6.07) is 7.40. The van der Waals surface area contributed by atoms with Crippen LogP contribution in [0.3, 0.4) is 0 Å². The number of piperidine rings is 1. The van der Waals surface area contributed by atoms with Crippen molar-refractivity contribution in [2.24, 2.45) is 0 Å². The fourth-order valence-corrected chi connectivity index (χ4v) is 9.38. The van der Waals surface area contributed by atoms with Crippen molar-refractivity contribution in [3.63, 3.8) is 0 Å². The quantitative estimate of drug-likeness (QED) is 0.0819. The highest BCUT2D eigenvalue weighted by Gasteiger charge is 2.45. The molecule has 65 heavy (non-hydrogen) atoms. The lowest BCUT2D eigenvalue weighted by atomic mass is 10.0. The average Bonchev–Trinajstić information content (AvgIpc) is 4.04. The minimum absolute atomic E-state index is 0.00856. The van der Waals surface area contributed by atoms with Gasteiger partial charge in [0.2, 0.25) is 23.7 Å². The number of Topliss-reactive ketones (excluding diaryl/α,β-unsaturated/α-hetero) is 1. The van der Waals surface area contributed by atoms with Gasteiger partial charge in [0, 0.05) is 75.9 Å². The van der Waals surface area contributed by atoms with Gasteiger partial charge in [0.15, 0.2) is 5.78 Å². The topological polar surface area (TPSA) is 240 Å². The van der Waals surface area contributed by atoms with Crippen LogP contribution in [0.15, 0.2) is 53.7 Å². The maximum atomic E-state index is 13.6. The van der Waals surface area contributed by atoms with Crippen LogP contribution in [0.25, 0.3) is 11.0 Å². The molecule has 4 aliphatic rings. The van der Waals surface area contributed by atoms with Gasteiger partial charge >= 0.3 is 0 Å². The van der Waals surface area contributed by atoms with E-state index in [1.54, 1.807) is 34.5 Å². The van der Waals surface area contributed by atoms with E-state index >= 15 is 0 Å². The lowest BCUT2D eigenvalue weighted by Crippen LogP contribution is -2.54. The summed E-state index contributed by atoms with van der Waals surface area (Å²) in [6.45, 7) is 7.66. The molecule has 5 amide bonds. The standard InChI is InChI=1S/C45H49N13O7/c1-26-32-23-47-45(51-40(32)57(29-8-3-4-9-29)43(64)38(26)27(2)59)49-35-15-13-30(22-46-35)55-20-18-54(19-21-55)24-28-25-56(53-52-28)17-6-5-12-36(60)48-33-11-7-10-31-39(33)44(65)58(42(31)63)34-14-16-37(61)50-41(34)62/h7,10-11,13,15,22-23,25,29,34H,3-6,8-9,12,14,16-21,24H2,1-2H3,(H,48,60)(H,50,61,62)(H,46,47,49,51). The van der Waals surface area contributed by atoms with Crippen molar-refractivity contribution in [1.29, 1.82) is 0 Å². The summed E-state index contributed by atoms with van der Waals surface area (Å²) in [4.78, 5) is 109. The number of amides is 5. The van der Waals surface area contributed by atoms with Crippen molar-refractivity contribution in [2.75, 3.05) is 41.7 Å². The molecule has 7 heterocycles. The van der Waals surface area contributed by atoms with Crippen molar-refractivity contribution in [1.82, 2.24) is 49.6 Å². The number of carbonyl (C=O) groups is 6. The fourth-order valence-electron chi connectivity index (χ4n) is 9.38. The Morgan fingerprint density at radius 1 is 0.908 bits per heavy atom. The van der Waals surface area contributed by atoms with Crippen LogP contribution in [0.5, 0.6) is 0 Å². The molecule has 9 rings (SSSR count). The molecular formula is C45H49N13O7. The molecule has 1 aromatic carbocycles. The second-order valence-electron chi connectivity index (χ2n) is 17.0. The predicted octanol–water partition coefficient (Wildman–Crippen LogP) is 3.68. The zero-order valence-corrected chi connectivity index (χ0v) is 36.2. The monoisotopic (exact) mass is 883 g/mol. The van der Waals surface area contributed by atoms with E-state index in [0.29, 0.717) is 54.3 Å². The predicted molar refractivity (Wildman–Crippen MR) is 237 cm³/mol. The molecule has 336 valence electrons. The second kappa shape index (κ2) is 18.1. The molecule has 2 saturated heterocycles. The first-order valence-corrected chi connectivity index (χ1v) is 22.1. The van der Waals surface area contributed by atoms with E-state index in [9.17, 15) is 33.6 Å². The van der Waals surface area contributed by atoms with Crippen LogP contribution in [0.4, 0.5) is 23.1 Å². The van der Waals surface area contributed by atoms with Gasteiger partial charge in [-0.1, -0.05) is 24.1 Å². The van der Waals surface area contributed by atoms with Crippen molar-refractivity contribution < 1.29 is 28.8 Å². The summed E-state index contributed by atoms with van der Waals surface area (Å²) in [6.07, 6.45) is 10.6. The number of rotatable bonds is 14. The van der Waals surface area contributed by atoms with Gasteiger partial charge in [-0.05, 0) is 75.8 Å². The molecule has 0 radical (unpaired) electrons. The Balaban J connectivity index is 0.726. The average molecular weight is 884 g/mol. The molecule has 0 spiro atoms. The van der Waals surface area contributed by atoms with Gasteiger partial charge in [0.05, 0.1) is 40.0 Å². The van der Waals surface area contributed by atoms with Crippen LogP contribution < -0.4 is 26.4 Å². The number of ketones is 1. The summed E-state index contributed by atoms with van der Waals surface area (Å²) in [5, 5.41) is 17.5. The maximum Gasteiger partial charge on any atom is 0.264 e. The van der Waals surface area contributed by atoms with Gasteiger partial charge in [-0.2, -0.15) is 4.98 Å². The van der Waals surface area contributed by atoms with Gasteiger partial charge in [0.25, 0.3) is 17.4 Å². The number of aryl methyl sites for hydroxylation is 2. The second-order valence-corrected chi connectivity index (χ2v) is 17.0. The highest BCUT2D eigenvalue weighted by Crippen LogP contribution is 2.34. The Morgan fingerprint density at radius 3 is 2.45 bits per heavy atom. The number of hydrogen-bond acceptors (Lipinski definition) is 15. The van der Waals surface area contributed by atoms with E-state index in [1.807, 2.05) is 24.5 Å². The molecule has 20 heteroatoms. The molecule has 3 aliphatic heterocycles. The third-order valence-corrected chi connectivity index (χ3v) is 12.7. The van der Waals surface area contributed by atoms with Crippen LogP contribution in [-0.4, -0.2) is 112 Å². The first kappa shape index (κ1) is 43.1. The zero-order valence-electron chi connectivity index (χ0n) is 36.2. The number of carbonyl (C=O) groups excluding carboxylic acids is 6. The number of aromatic nitrogens is 7. The number of hydrogen-bond donors (Lipinski definition) is 3. The molecule has 1 atom stereocenters. The van der Waals surface area contributed by atoms with E-state index in [1.165, 1.54) is 13.0 Å². The SMILES string of the molecule is CC(=O)c1c(C)c2cnc(Nc3ccc(N4CCN(Cc5cn(CCCCC(=O)Nc6cccc7c6C(=O)N(C6CCC(=O)NC6=O)C7=O)nn5)CC4)cn3)nc2n(C2CCCC2)c1=O. The number of unbranched alkanes of at least 4 members (excludes halogenated alkanes) is 1. The van der Waals surface area contributed by atoms with E-state index in [0.717, 1.165) is 68.1 Å². The van der Waals surface area contributed by atoms with Crippen molar-refractivity contribution in [3.8, 4) is 0 Å². The number of nitrogens with one attached hydrogen (secondary N) is 3. The largest absolute Gasteiger partial charge is 0.368 e. The first-order chi connectivity index (χ1) is 31.4. The highest BCUT2D eigenvalue weighted by molar-refractivity contribution is 6.26. The molecule has 0 bridgehead atoms. The number of piperazine rings is 1. The summed E-state index contributed by atoms with van der Waals surface area (Å²) >= 11 is 0. The Labute approximate surface area is 372 Å². The van der Waals surface area contributed by atoms with Crippen molar-refractivity contribution in [2.45, 2.75) is 96.8 Å². The van der Waals surface area contributed by atoms with Crippen LogP contribution >= 0.6 is 0 Å². The third kappa shape index (κ3) is 8.72. The number of pyridine rings is 2. The molecule has 4 aromatic heterocycles. The van der Waals surface area contributed by atoms with Gasteiger partial charge in [-0.3, -0.25) is 57.9 Å². The molecule has 3 N–H and O–H groups in total. The maximum absolute atomic E-state index is 13.6. The van der Waals surface area contributed by atoms with Crippen LogP contribution in [-0.2, 0) is 27.5 Å². The molecule has 1 saturated carbocycles. The molecular weight excluding hydrogens is 835 g/mol. The molecule has 1 aliphatic carbocycles. The summed E-state index contributed by atoms with van der Waals surface area (Å²) in [7, 11) is 0. The minimum Gasteiger partial charge on any atom is -0.368 e. The Kier molecular flexibility index (Phi) is 12.0. The smallest absolute Gasteiger partial charge is 0.264 e. The highest BCUT2D eigenvalue weighted by atomic mass is 16.2. The Bertz CT molecular complexity index is 2790. The lowest BCUT2D eigenvalue weighted by molar-refractivity contribution is -0.136. The number of anilines is 4. The molecule has 3 fully saturated rings. The Hall–Kier alpha value is -7.22. The van der Waals surface area contributed by atoms with Gasteiger partial charge in [-0.25, -0.2) is 9.97 Å². The fraction of sp³-hybridized carbons (Fsp3) is 0.422. The van der Waals surface area contributed by atoms with E-state index in [2.05, 4.69) is 46.0 Å². The van der Waals surface area contributed by atoms with Gasteiger partial charge in [-0.15, -0.1) is 5.10 Å².